The molecule has 1 aromatic carbocycles. The molecule has 0 saturated heterocycles. The first-order valence-electron chi connectivity index (χ1n) is 9.18. The molecule has 5 nitrogen and oxygen atoms in total. The largest absolute Gasteiger partial charge is 0.392 e. The topological polar surface area (TPSA) is 81.1 Å². The van der Waals surface area contributed by atoms with Gasteiger partial charge in [-0.3, -0.25) is 14.5 Å². The predicted molar refractivity (Wildman–Crippen MR) is 106 cm³/mol. The molecule has 0 spiro atoms. The van der Waals surface area contributed by atoms with Crippen LogP contribution in [0.15, 0.2) is 42.7 Å². The number of rotatable bonds is 3. The van der Waals surface area contributed by atoms with Crippen LogP contribution >= 0.6 is 0 Å². The number of carbonyl (C=O) groups excluding carboxylic acids is 1. The number of aromatic nitrogens is 2. The molecule has 0 amide bonds. The zero-order valence-corrected chi connectivity index (χ0v) is 15.9. The summed E-state index contributed by atoms with van der Waals surface area (Å²) in [4.78, 5) is 17.2. The predicted octanol–water partition coefficient (Wildman–Crippen LogP) is 3.72. The lowest BCUT2D eigenvalue weighted by atomic mass is 9.74. The van der Waals surface area contributed by atoms with Gasteiger partial charge >= 0.3 is 0 Å². The van der Waals surface area contributed by atoms with Gasteiger partial charge in [0.15, 0.2) is 5.78 Å². The van der Waals surface area contributed by atoms with E-state index in [4.69, 9.17) is 5.84 Å². The minimum atomic E-state index is -0.438. The molecule has 0 unspecified atom stereocenters. The van der Waals surface area contributed by atoms with Crippen LogP contribution in [0.4, 0.5) is 4.39 Å². The van der Waals surface area contributed by atoms with Crippen LogP contribution in [0.2, 0.25) is 0 Å². The lowest BCUT2D eigenvalue weighted by molar-refractivity contribution is 0.0911. The first-order chi connectivity index (χ1) is 13.3. The van der Waals surface area contributed by atoms with Crippen LogP contribution in [-0.4, -0.2) is 20.5 Å². The van der Waals surface area contributed by atoms with E-state index in [0.29, 0.717) is 40.8 Å². The van der Waals surface area contributed by atoms with Crippen molar-refractivity contribution < 1.29 is 14.3 Å². The molecule has 0 fully saturated rings. The van der Waals surface area contributed by atoms with Crippen molar-refractivity contribution >= 4 is 5.78 Å². The molecule has 1 aliphatic carbocycles. The minimum Gasteiger partial charge on any atom is -0.392 e. The van der Waals surface area contributed by atoms with Gasteiger partial charge in [-0.2, -0.15) is 0 Å². The molecule has 0 bridgehead atoms. The maximum Gasteiger partial charge on any atom is 0.165 e. The summed E-state index contributed by atoms with van der Waals surface area (Å²) in [5.41, 5.74) is 4.28. The highest BCUT2D eigenvalue weighted by atomic mass is 19.1. The normalized spacial score (nSPS) is 15.5. The number of nitrogens with two attached hydrogens (primary N) is 1. The first-order valence-corrected chi connectivity index (χ1v) is 9.18. The Morgan fingerprint density at radius 3 is 2.57 bits per heavy atom. The number of Topliss-reactive ketones (excluding diaryl/α,β-unsaturated/α-hetero) is 1. The molecule has 0 atom stereocenters. The standard InChI is InChI=1S/C22H22FN3O2/c1-22(2)10-17-20(18(28)11-22)19(16-4-3-15(23)9-14(16)12-27)21(26(17)24)13-5-7-25-8-6-13/h3-9,27H,10-12,24H2,1-2H3. The molecule has 144 valence electrons. The average Bonchev–Trinajstić information content (AvgIpc) is 2.94. The van der Waals surface area contributed by atoms with E-state index in [-0.39, 0.29) is 17.8 Å². The molecule has 4 rings (SSSR count). The SMILES string of the molecule is CC1(C)CC(=O)c2c(-c3ccc(F)cc3CO)c(-c3ccncc3)n(N)c2C1. The van der Waals surface area contributed by atoms with Gasteiger partial charge in [0.25, 0.3) is 0 Å². The van der Waals surface area contributed by atoms with Crippen molar-refractivity contribution in [2.24, 2.45) is 5.41 Å². The zero-order valence-electron chi connectivity index (χ0n) is 15.9. The second-order valence-corrected chi connectivity index (χ2v) is 8.05. The van der Waals surface area contributed by atoms with Gasteiger partial charge in [-0.05, 0) is 47.2 Å². The molecule has 3 N–H and O–H groups in total. The van der Waals surface area contributed by atoms with Crippen molar-refractivity contribution in [1.82, 2.24) is 9.66 Å². The number of carbonyl (C=O) groups is 1. The van der Waals surface area contributed by atoms with E-state index in [1.807, 2.05) is 26.0 Å². The fraction of sp³-hybridized carbons (Fsp3) is 0.273. The Labute approximate surface area is 162 Å². The summed E-state index contributed by atoms with van der Waals surface area (Å²) in [5, 5.41) is 9.83. The molecule has 2 aromatic heterocycles. The Balaban J connectivity index is 2.10. The van der Waals surface area contributed by atoms with Crippen LogP contribution in [0.5, 0.6) is 0 Å². The van der Waals surface area contributed by atoms with E-state index >= 15 is 0 Å². The third-order valence-electron chi connectivity index (χ3n) is 5.33. The van der Waals surface area contributed by atoms with Crippen molar-refractivity contribution in [3.05, 3.63) is 65.4 Å². The Morgan fingerprint density at radius 1 is 1.18 bits per heavy atom. The second kappa shape index (κ2) is 6.56. The Morgan fingerprint density at radius 2 is 1.89 bits per heavy atom. The van der Waals surface area contributed by atoms with Gasteiger partial charge in [0.05, 0.1) is 18.0 Å². The van der Waals surface area contributed by atoms with Gasteiger partial charge in [-0.1, -0.05) is 19.9 Å². The van der Waals surface area contributed by atoms with Gasteiger partial charge in [0.2, 0.25) is 0 Å². The fourth-order valence-electron chi connectivity index (χ4n) is 4.14. The summed E-state index contributed by atoms with van der Waals surface area (Å²) in [7, 11) is 0. The van der Waals surface area contributed by atoms with Crippen molar-refractivity contribution in [1.29, 1.82) is 0 Å². The van der Waals surface area contributed by atoms with E-state index in [0.717, 1.165) is 11.3 Å². The summed E-state index contributed by atoms with van der Waals surface area (Å²) in [5.74, 6) is 6.08. The van der Waals surface area contributed by atoms with Gasteiger partial charge in [0.1, 0.15) is 5.82 Å². The molecule has 1 aliphatic rings. The quantitative estimate of drug-likeness (QED) is 0.680. The van der Waals surface area contributed by atoms with E-state index < -0.39 is 5.82 Å². The third kappa shape index (κ3) is 2.90. The van der Waals surface area contributed by atoms with E-state index in [1.165, 1.54) is 12.1 Å². The Bertz CT molecular complexity index is 1070. The van der Waals surface area contributed by atoms with Gasteiger partial charge in [-0.25, -0.2) is 4.39 Å². The van der Waals surface area contributed by atoms with Gasteiger partial charge in [-0.15, -0.1) is 0 Å². The van der Waals surface area contributed by atoms with Crippen LogP contribution in [0.25, 0.3) is 22.4 Å². The number of hydrogen-bond donors (Lipinski definition) is 2. The molecule has 0 saturated carbocycles. The molecule has 28 heavy (non-hydrogen) atoms. The highest BCUT2D eigenvalue weighted by Gasteiger charge is 2.38. The summed E-state index contributed by atoms with van der Waals surface area (Å²) in [6, 6.07) is 7.89. The van der Waals surface area contributed by atoms with Crippen molar-refractivity contribution in [3.63, 3.8) is 0 Å². The van der Waals surface area contributed by atoms with Crippen molar-refractivity contribution in [2.75, 3.05) is 5.84 Å². The number of hydrogen-bond acceptors (Lipinski definition) is 4. The summed E-state index contributed by atoms with van der Waals surface area (Å²) in [6.07, 6.45) is 4.38. The number of aliphatic hydroxyl groups is 1. The van der Waals surface area contributed by atoms with E-state index in [2.05, 4.69) is 4.98 Å². The van der Waals surface area contributed by atoms with Crippen LogP contribution in [0.1, 0.15) is 41.9 Å². The first kappa shape index (κ1) is 18.4. The Hall–Kier alpha value is -2.99. The zero-order chi connectivity index (χ0) is 20.1. The molecule has 2 heterocycles. The molecule has 0 aliphatic heterocycles. The number of benzene rings is 1. The summed E-state index contributed by atoms with van der Waals surface area (Å²) >= 11 is 0. The minimum absolute atomic E-state index is 0.00831. The fourth-order valence-corrected chi connectivity index (χ4v) is 4.14. The average molecular weight is 379 g/mol. The van der Waals surface area contributed by atoms with Gasteiger partial charge in [0, 0.05) is 35.5 Å². The molecule has 6 heteroatoms. The molecule has 3 aromatic rings. The number of ketones is 1. The maximum atomic E-state index is 13.8. The van der Waals surface area contributed by atoms with Crippen molar-refractivity contribution in [2.45, 2.75) is 33.3 Å². The lowest BCUT2D eigenvalue weighted by Crippen LogP contribution is -2.29. The van der Waals surface area contributed by atoms with Crippen LogP contribution in [0, 0.1) is 11.2 Å². The van der Waals surface area contributed by atoms with Crippen molar-refractivity contribution in [3.8, 4) is 22.4 Å². The van der Waals surface area contributed by atoms with Crippen LogP contribution < -0.4 is 5.84 Å². The Kier molecular flexibility index (Phi) is 4.31. The number of aliphatic hydroxyl groups excluding tert-OH is 1. The summed E-state index contributed by atoms with van der Waals surface area (Å²) in [6.45, 7) is 3.75. The van der Waals surface area contributed by atoms with Gasteiger partial charge < -0.3 is 10.9 Å². The smallest absolute Gasteiger partial charge is 0.165 e. The molecular formula is C22H22FN3O2. The molecule has 0 radical (unpaired) electrons. The van der Waals surface area contributed by atoms with E-state index in [1.54, 1.807) is 23.1 Å². The second-order valence-electron chi connectivity index (χ2n) is 8.05. The number of pyridine rings is 1. The number of halogens is 1. The highest BCUT2D eigenvalue weighted by molar-refractivity contribution is 6.08. The van der Waals surface area contributed by atoms with Crippen LogP contribution in [-0.2, 0) is 13.0 Å². The lowest BCUT2D eigenvalue weighted by Gasteiger charge is -2.29. The van der Waals surface area contributed by atoms with Crippen LogP contribution in [0.3, 0.4) is 0 Å². The number of nitrogen functional groups attached to an aromatic ring is 1. The molecular weight excluding hydrogens is 357 g/mol. The highest BCUT2D eigenvalue weighted by Crippen LogP contribution is 2.45. The number of nitrogens with zero attached hydrogens (tertiary/aromatic N) is 2. The third-order valence-corrected chi connectivity index (χ3v) is 5.33. The number of fused-ring (bicyclic) bond motifs is 1. The monoisotopic (exact) mass is 379 g/mol. The van der Waals surface area contributed by atoms with E-state index in [9.17, 15) is 14.3 Å². The maximum absolute atomic E-state index is 13.8. The summed E-state index contributed by atoms with van der Waals surface area (Å²) < 4.78 is 15.4.